The molecule has 0 aliphatic carbocycles. The van der Waals surface area contributed by atoms with E-state index in [0.29, 0.717) is 50.8 Å². The highest BCUT2D eigenvalue weighted by atomic mass is 32.1. The Morgan fingerprint density at radius 2 is 1.75 bits per heavy atom. The Hall–Kier alpha value is -4.89. The van der Waals surface area contributed by atoms with Crippen LogP contribution in [0.25, 0.3) is 28.2 Å². The van der Waals surface area contributed by atoms with Gasteiger partial charge < -0.3 is 19.4 Å². The molecule has 224 valence electrons. The van der Waals surface area contributed by atoms with E-state index in [1.807, 2.05) is 81.4 Å². The predicted molar refractivity (Wildman–Crippen MR) is 175 cm³/mol. The number of ether oxygens (including phenoxy) is 2. The third-order valence-corrected chi connectivity index (χ3v) is 9.10. The first-order valence-corrected chi connectivity index (χ1v) is 15.4. The number of nitrogens with zero attached hydrogens (tertiary/aromatic N) is 3. The average molecular weight is 607 g/mol. The number of hydrogen-bond acceptors (Lipinski definition) is 6. The van der Waals surface area contributed by atoms with Gasteiger partial charge in [-0.05, 0) is 56.7 Å². The lowest BCUT2D eigenvalue weighted by Crippen LogP contribution is -2.43. The lowest BCUT2D eigenvalue weighted by molar-refractivity contribution is -0.127. The lowest BCUT2D eigenvalue weighted by atomic mass is 9.93. The Kier molecular flexibility index (Phi) is 7.97. The number of carbonyl (C=O) groups is 1. The summed E-state index contributed by atoms with van der Waals surface area (Å²) in [6, 6.07) is 22.8. The van der Waals surface area contributed by atoms with Gasteiger partial charge in [-0.1, -0.05) is 59.9 Å². The van der Waals surface area contributed by atoms with Crippen LogP contribution in [-0.4, -0.2) is 47.7 Å². The van der Waals surface area contributed by atoms with Gasteiger partial charge in [-0.15, -0.1) is 0 Å². The maximum atomic E-state index is 14.5. The van der Waals surface area contributed by atoms with Crippen LogP contribution < -0.4 is 24.4 Å². The quantitative estimate of drug-likeness (QED) is 0.261. The van der Waals surface area contributed by atoms with Crippen LogP contribution in [0, 0.1) is 0 Å². The summed E-state index contributed by atoms with van der Waals surface area (Å²) in [6.45, 7) is 6.78. The number of carbonyl (C=O) groups excluding carboxylic acids is 1. The van der Waals surface area contributed by atoms with E-state index in [2.05, 4.69) is 11.1 Å². The van der Waals surface area contributed by atoms with Crippen LogP contribution in [-0.2, 0) is 4.79 Å². The molecule has 1 amide bonds. The third kappa shape index (κ3) is 4.93. The molecule has 2 aromatic heterocycles. The van der Waals surface area contributed by atoms with Crippen LogP contribution >= 0.6 is 11.3 Å². The molecular weight excluding hydrogens is 572 g/mol. The number of rotatable bonds is 8. The second kappa shape index (κ2) is 12.0. The number of allylic oxidation sites excluding steroid dienone is 1. The molecule has 3 heterocycles. The number of H-pyrrole nitrogens is 1. The predicted octanol–water partition coefficient (Wildman–Crippen LogP) is 5.27. The number of likely N-dealkylation sites (N-methyl/N-ethyl adjacent to an activating group) is 1. The minimum absolute atomic E-state index is 0.164. The number of para-hydroxylation sites is 1. The Bertz CT molecular complexity index is 2080. The zero-order valence-corrected chi connectivity index (χ0v) is 26.2. The van der Waals surface area contributed by atoms with E-state index in [0.717, 1.165) is 27.7 Å². The first-order valence-electron chi connectivity index (χ1n) is 14.6. The third-order valence-electron chi connectivity index (χ3n) is 8.12. The molecule has 5 aromatic rings. The molecule has 0 radical (unpaired) electrons. The van der Waals surface area contributed by atoms with Crippen molar-refractivity contribution in [1.82, 2.24) is 14.5 Å². The van der Waals surface area contributed by atoms with E-state index >= 15 is 0 Å². The molecule has 6 rings (SSSR count). The van der Waals surface area contributed by atoms with E-state index in [4.69, 9.17) is 14.5 Å². The van der Waals surface area contributed by atoms with Crippen molar-refractivity contribution in [1.29, 1.82) is 0 Å². The van der Waals surface area contributed by atoms with Crippen molar-refractivity contribution in [3.05, 3.63) is 115 Å². The number of methoxy groups -OCH3 is 2. The van der Waals surface area contributed by atoms with E-state index < -0.39 is 6.04 Å². The summed E-state index contributed by atoms with van der Waals surface area (Å²) in [7, 11) is 3.17. The Morgan fingerprint density at radius 1 is 1.02 bits per heavy atom. The van der Waals surface area contributed by atoms with Crippen molar-refractivity contribution in [2.45, 2.75) is 26.8 Å². The van der Waals surface area contributed by atoms with Gasteiger partial charge >= 0.3 is 0 Å². The van der Waals surface area contributed by atoms with E-state index in [1.54, 1.807) is 35.8 Å². The van der Waals surface area contributed by atoms with Crippen LogP contribution in [0.5, 0.6) is 11.5 Å². The van der Waals surface area contributed by atoms with Crippen LogP contribution in [0.4, 0.5) is 0 Å². The topological polar surface area (TPSA) is 88.9 Å². The van der Waals surface area contributed by atoms with Crippen molar-refractivity contribution in [2.24, 2.45) is 4.99 Å². The summed E-state index contributed by atoms with van der Waals surface area (Å²) < 4.78 is 13.5. The molecule has 3 aromatic carbocycles. The first-order chi connectivity index (χ1) is 21.4. The maximum Gasteiger partial charge on any atom is 0.271 e. The second-order valence-corrected chi connectivity index (χ2v) is 11.5. The summed E-state index contributed by atoms with van der Waals surface area (Å²) in [4.78, 5) is 39.2. The van der Waals surface area contributed by atoms with Gasteiger partial charge in [0.1, 0.15) is 17.5 Å². The van der Waals surface area contributed by atoms with Gasteiger partial charge in [0.25, 0.3) is 11.5 Å². The van der Waals surface area contributed by atoms with Gasteiger partial charge in [-0.2, -0.15) is 0 Å². The van der Waals surface area contributed by atoms with Crippen molar-refractivity contribution >= 4 is 34.2 Å². The number of aromatic amines is 1. The highest BCUT2D eigenvalue weighted by molar-refractivity contribution is 7.07. The highest BCUT2D eigenvalue weighted by Gasteiger charge is 2.36. The summed E-state index contributed by atoms with van der Waals surface area (Å²) >= 11 is 1.32. The minimum Gasteiger partial charge on any atom is -0.497 e. The van der Waals surface area contributed by atoms with Crippen LogP contribution in [0.3, 0.4) is 0 Å². The molecule has 8 nitrogen and oxygen atoms in total. The molecule has 1 aliphatic heterocycles. The van der Waals surface area contributed by atoms with Crippen molar-refractivity contribution in [2.75, 3.05) is 27.3 Å². The van der Waals surface area contributed by atoms with Crippen molar-refractivity contribution in [3.63, 3.8) is 0 Å². The van der Waals surface area contributed by atoms with E-state index in [1.165, 1.54) is 11.3 Å². The maximum absolute atomic E-state index is 14.5. The molecule has 9 heteroatoms. The summed E-state index contributed by atoms with van der Waals surface area (Å²) in [5.74, 6) is 0.981. The SMILES string of the molecule is CCN(CC)C(=O)C1=C(C)N=c2s/c(=C/c3c(-c4ccccc4)[nH]c4ccccc34)c(=O)n2[C@@H]1c1cc(OC)ccc1OC. The van der Waals surface area contributed by atoms with Crippen LogP contribution in [0.2, 0.25) is 0 Å². The fourth-order valence-electron chi connectivity index (χ4n) is 5.90. The molecule has 0 saturated carbocycles. The number of aromatic nitrogens is 2. The number of nitrogens with one attached hydrogen (secondary N) is 1. The highest BCUT2D eigenvalue weighted by Crippen LogP contribution is 2.38. The number of thiazole rings is 1. The van der Waals surface area contributed by atoms with Crippen molar-refractivity contribution < 1.29 is 14.3 Å². The molecule has 1 N–H and O–H groups in total. The van der Waals surface area contributed by atoms with Gasteiger partial charge in [-0.3, -0.25) is 14.2 Å². The smallest absolute Gasteiger partial charge is 0.271 e. The molecule has 0 unspecified atom stereocenters. The number of benzene rings is 3. The average Bonchev–Trinajstić information content (AvgIpc) is 3.57. The Morgan fingerprint density at radius 3 is 2.45 bits per heavy atom. The summed E-state index contributed by atoms with van der Waals surface area (Å²) in [6.07, 6.45) is 1.94. The van der Waals surface area contributed by atoms with E-state index in [9.17, 15) is 9.59 Å². The number of hydrogen-bond donors (Lipinski definition) is 1. The van der Waals surface area contributed by atoms with Gasteiger partial charge in [0.15, 0.2) is 4.80 Å². The lowest BCUT2D eigenvalue weighted by Gasteiger charge is -2.30. The van der Waals surface area contributed by atoms with Gasteiger partial charge in [0, 0.05) is 35.1 Å². The molecule has 0 bridgehead atoms. The Labute approximate surface area is 259 Å². The minimum atomic E-state index is -0.761. The Balaban J connectivity index is 1.64. The van der Waals surface area contributed by atoms with E-state index in [-0.39, 0.29) is 11.5 Å². The first kappa shape index (κ1) is 29.2. The molecular formula is C35H34N4O4S. The number of amides is 1. The second-order valence-electron chi connectivity index (χ2n) is 10.5. The monoisotopic (exact) mass is 606 g/mol. The van der Waals surface area contributed by atoms with Gasteiger partial charge in [0.2, 0.25) is 0 Å². The summed E-state index contributed by atoms with van der Waals surface area (Å²) in [5.41, 5.74) is 5.28. The fraction of sp³-hybridized carbons (Fsp3) is 0.229. The largest absolute Gasteiger partial charge is 0.497 e. The van der Waals surface area contributed by atoms with Gasteiger partial charge in [0.05, 0.1) is 35.7 Å². The standard InChI is InChI=1S/C35H34N4O4S/c1-6-38(7-2)34(41)30-21(3)36-35-39(32(30)26-19-23(42-4)17-18-28(26)43-5)33(40)29(44-35)20-25-24-15-11-12-16-27(24)37-31(25)22-13-9-8-10-14-22/h8-20,32,37H,6-7H2,1-5H3/b29-20+/t32-/m1/s1. The molecule has 0 spiro atoms. The zero-order chi connectivity index (χ0) is 31.0. The normalized spacial score (nSPS) is 14.8. The molecule has 44 heavy (non-hydrogen) atoms. The molecule has 1 atom stereocenters. The number of fused-ring (bicyclic) bond motifs is 2. The van der Waals surface area contributed by atoms with Crippen LogP contribution in [0.1, 0.15) is 37.9 Å². The van der Waals surface area contributed by atoms with Gasteiger partial charge in [-0.25, -0.2) is 4.99 Å². The van der Waals surface area contributed by atoms with Crippen molar-refractivity contribution in [3.8, 4) is 22.8 Å². The summed E-state index contributed by atoms with van der Waals surface area (Å²) in [5, 5.41) is 1.01. The molecule has 1 aliphatic rings. The molecule has 0 saturated heterocycles. The molecule has 0 fully saturated rings. The van der Waals surface area contributed by atoms with Crippen LogP contribution in [0.15, 0.2) is 93.9 Å². The fourth-order valence-corrected chi connectivity index (χ4v) is 6.93. The zero-order valence-electron chi connectivity index (χ0n) is 25.4.